The fourth-order valence-electron chi connectivity index (χ4n) is 7.80. The van der Waals surface area contributed by atoms with Crippen LogP contribution in [0, 0.1) is 0 Å². The summed E-state index contributed by atoms with van der Waals surface area (Å²) in [5.41, 5.74) is 11.2. The van der Waals surface area contributed by atoms with Crippen LogP contribution in [0.3, 0.4) is 0 Å². The molecule has 5 heteroatoms. The van der Waals surface area contributed by atoms with Gasteiger partial charge in [-0.1, -0.05) is 152 Å². The average molecular weight is 734 g/mol. The first-order valence-electron chi connectivity index (χ1n) is 18.7. The van der Waals surface area contributed by atoms with Crippen molar-refractivity contribution in [3.05, 3.63) is 188 Å². The van der Waals surface area contributed by atoms with E-state index in [1.165, 1.54) is 31.3 Å². The van der Waals surface area contributed by atoms with Crippen LogP contribution >= 0.6 is 11.3 Å². The minimum Gasteiger partial charge on any atom is -0.455 e. The molecule has 0 saturated carbocycles. The van der Waals surface area contributed by atoms with Gasteiger partial charge in [-0.25, -0.2) is 15.0 Å². The molecule has 0 saturated heterocycles. The van der Waals surface area contributed by atoms with Crippen molar-refractivity contribution in [3.63, 3.8) is 0 Å². The molecule has 11 rings (SSSR count). The zero-order chi connectivity index (χ0) is 37.0. The Kier molecular flexibility index (Phi) is 7.64. The Morgan fingerprint density at radius 1 is 0.339 bits per heavy atom. The van der Waals surface area contributed by atoms with Gasteiger partial charge in [-0.3, -0.25) is 0 Å². The number of thiophene rings is 1. The topological polar surface area (TPSA) is 51.8 Å². The van der Waals surface area contributed by atoms with Gasteiger partial charge in [0.05, 0.1) is 5.56 Å². The van der Waals surface area contributed by atoms with Gasteiger partial charge in [0.15, 0.2) is 17.5 Å². The molecule has 0 fully saturated rings. The summed E-state index contributed by atoms with van der Waals surface area (Å²) in [4.78, 5) is 15.1. The highest BCUT2D eigenvalue weighted by molar-refractivity contribution is 7.26. The van der Waals surface area contributed by atoms with Crippen LogP contribution < -0.4 is 0 Å². The van der Waals surface area contributed by atoms with Gasteiger partial charge in [0.1, 0.15) is 11.2 Å². The van der Waals surface area contributed by atoms with Crippen LogP contribution in [0.4, 0.5) is 0 Å². The fraction of sp³-hybridized carbons (Fsp3) is 0. The highest BCUT2D eigenvalue weighted by Crippen LogP contribution is 2.44. The molecule has 262 valence electrons. The maximum absolute atomic E-state index is 6.81. The lowest BCUT2D eigenvalue weighted by molar-refractivity contribution is 0.669. The van der Waals surface area contributed by atoms with Gasteiger partial charge in [0.2, 0.25) is 0 Å². The Morgan fingerprint density at radius 3 is 1.66 bits per heavy atom. The van der Waals surface area contributed by atoms with Gasteiger partial charge in [-0.05, 0) is 69.8 Å². The summed E-state index contributed by atoms with van der Waals surface area (Å²) >= 11 is 1.84. The first-order valence-corrected chi connectivity index (χ1v) is 19.5. The van der Waals surface area contributed by atoms with E-state index in [9.17, 15) is 0 Å². The normalized spacial score (nSPS) is 11.6. The second-order valence-electron chi connectivity index (χ2n) is 14.0. The van der Waals surface area contributed by atoms with Gasteiger partial charge < -0.3 is 4.42 Å². The molecule has 0 aliphatic carbocycles. The summed E-state index contributed by atoms with van der Waals surface area (Å²) in [7, 11) is 0. The molecular weight excluding hydrogens is 703 g/mol. The second-order valence-corrected chi connectivity index (χ2v) is 15.1. The highest BCUT2D eigenvalue weighted by atomic mass is 32.1. The zero-order valence-electron chi connectivity index (χ0n) is 30.1. The smallest absolute Gasteiger partial charge is 0.167 e. The number of benzene rings is 8. The molecule has 56 heavy (non-hydrogen) atoms. The van der Waals surface area contributed by atoms with Crippen molar-refractivity contribution in [1.29, 1.82) is 0 Å². The Morgan fingerprint density at radius 2 is 0.911 bits per heavy atom. The van der Waals surface area contributed by atoms with Gasteiger partial charge in [-0.15, -0.1) is 11.3 Å². The van der Waals surface area contributed by atoms with E-state index in [4.69, 9.17) is 19.4 Å². The van der Waals surface area contributed by atoms with Crippen molar-refractivity contribution in [2.45, 2.75) is 0 Å². The number of para-hydroxylation sites is 1. The number of hydrogen-bond acceptors (Lipinski definition) is 5. The first-order chi connectivity index (χ1) is 27.7. The maximum Gasteiger partial charge on any atom is 0.167 e. The quantitative estimate of drug-likeness (QED) is 0.171. The van der Waals surface area contributed by atoms with Crippen molar-refractivity contribution in [2.24, 2.45) is 0 Å². The number of aromatic nitrogens is 3. The maximum atomic E-state index is 6.81. The van der Waals surface area contributed by atoms with Crippen LogP contribution in [0.2, 0.25) is 0 Å². The molecule has 3 heterocycles. The van der Waals surface area contributed by atoms with Gasteiger partial charge in [-0.2, -0.15) is 0 Å². The van der Waals surface area contributed by atoms with Crippen LogP contribution in [-0.4, -0.2) is 15.0 Å². The Hall–Kier alpha value is -7.21. The zero-order valence-corrected chi connectivity index (χ0v) is 30.9. The average Bonchev–Trinajstić information content (AvgIpc) is 3.85. The molecule has 4 nitrogen and oxygen atoms in total. The molecule has 8 aromatic carbocycles. The van der Waals surface area contributed by atoms with Gasteiger partial charge in [0.25, 0.3) is 0 Å². The minimum absolute atomic E-state index is 0.564. The molecule has 0 radical (unpaired) electrons. The minimum atomic E-state index is 0.564. The van der Waals surface area contributed by atoms with Gasteiger partial charge >= 0.3 is 0 Å². The van der Waals surface area contributed by atoms with E-state index >= 15 is 0 Å². The molecular formula is C51H31N3OS. The van der Waals surface area contributed by atoms with Crippen molar-refractivity contribution >= 4 is 53.4 Å². The van der Waals surface area contributed by atoms with Crippen LogP contribution in [0.25, 0.3) is 110 Å². The predicted molar refractivity (Wildman–Crippen MR) is 233 cm³/mol. The molecule has 11 aromatic rings. The second kappa shape index (κ2) is 13.3. The van der Waals surface area contributed by atoms with Crippen molar-refractivity contribution in [1.82, 2.24) is 15.0 Å². The van der Waals surface area contributed by atoms with Crippen molar-refractivity contribution < 1.29 is 4.42 Å². The summed E-state index contributed by atoms with van der Waals surface area (Å²) in [5, 5.41) is 4.66. The third-order valence-electron chi connectivity index (χ3n) is 10.6. The third-order valence-corrected chi connectivity index (χ3v) is 11.7. The first kappa shape index (κ1) is 32.2. The Labute approximate surface area is 327 Å². The van der Waals surface area contributed by atoms with E-state index in [0.717, 1.165) is 60.9 Å². The van der Waals surface area contributed by atoms with Crippen molar-refractivity contribution in [3.8, 4) is 67.5 Å². The molecule has 0 aliphatic rings. The van der Waals surface area contributed by atoms with E-state index in [-0.39, 0.29) is 0 Å². The molecule has 0 atom stereocenters. The third kappa shape index (κ3) is 5.56. The van der Waals surface area contributed by atoms with E-state index in [1.54, 1.807) is 0 Å². The molecule has 3 aromatic heterocycles. The van der Waals surface area contributed by atoms with E-state index in [2.05, 4.69) is 146 Å². The van der Waals surface area contributed by atoms with Crippen molar-refractivity contribution in [2.75, 3.05) is 0 Å². The summed E-state index contributed by atoms with van der Waals surface area (Å²) in [5.74, 6) is 1.78. The molecule has 0 unspecified atom stereocenters. The number of furan rings is 1. The standard InChI is InChI=1S/C51H31N3OS/c1-4-13-32(14-5-1)33-23-25-36(26-24-33)50-52-49(35-17-8-3-9-18-35)53-51(54-50)42-21-12-20-40-39-28-27-37(30-44(39)55-48(40)42)38-29-43(34-15-6-2-7-16-34)47-41-19-10-11-22-45(41)56-46(47)31-38/h1-31H. The fourth-order valence-corrected chi connectivity index (χ4v) is 8.98. The SMILES string of the molecule is c1ccc(-c2ccc(-c3nc(-c4ccccc4)nc(-c4cccc5c4oc4cc(-c6cc(-c7ccccc7)c7c(c6)sc6ccccc67)ccc45)n3)cc2)cc1. The lowest BCUT2D eigenvalue weighted by Crippen LogP contribution is -2.00. The largest absolute Gasteiger partial charge is 0.455 e. The summed E-state index contributed by atoms with van der Waals surface area (Å²) in [6.45, 7) is 0. The Balaban J connectivity index is 1.05. The molecule has 0 amide bonds. The number of nitrogens with zero attached hydrogens (tertiary/aromatic N) is 3. The summed E-state index contributed by atoms with van der Waals surface area (Å²) < 4.78 is 9.37. The Bertz CT molecular complexity index is 3230. The number of fused-ring (bicyclic) bond motifs is 6. The van der Waals surface area contributed by atoms with Crippen LogP contribution in [0.15, 0.2) is 192 Å². The summed E-state index contributed by atoms with van der Waals surface area (Å²) in [6, 6.07) is 65.7. The molecule has 0 bridgehead atoms. The van der Waals surface area contributed by atoms with E-state index < -0.39 is 0 Å². The van der Waals surface area contributed by atoms with E-state index in [0.29, 0.717) is 17.5 Å². The van der Waals surface area contributed by atoms with Gasteiger partial charge in [0, 0.05) is 42.1 Å². The van der Waals surface area contributed by atoms with Crippen LogP contribution in [0.5, 0.6) is 0 Å². The lowest BCUT2D eigenvalue weighted by Gasteiger charge is -2.09. The monoisotopic (exact) mass is 733 g/mol. The lowest BCUT2D eigenvalue weighted by atomic mass is 9.94. The predicted octanol–water partition coefficient (Wildman–Crippen LogP) is 14.1. The number of hydrogen-bond donors (Lipinski definition) is 0. The van der Waals surface area contributed by atoms with Crippen LogP contribution in [0.1, 0.15) is 0 Å². The van der Waals surface area contributed by atoms with Crippen LogP contribution in [-0.2, 0) is 0 Å². The van der Waals surface area contributed by atoms with E-state index in [1.807, 2.05) is 53.8 Å². The molecule has 0 aliphatic heterocycles. The molecule has 0 N–H and O–H groups in total. The molecule has 0 spiro atoms. The highest BCUT2D eigenvalue weighted by Gasteiger charge is 2.19. The summed E-state index contributed by atoms with van der Waals surface area (Å²) in [6.07, 6.45) is 0. The number of rotatable bonds is 6.